The molecule has 0 spiro atoms. The first-order valence-corrected chi connectivity index (χ1v) is 3.90. The quantitative estimate of drug-likeness (QED) is 0.407. The van der Waals surface area contributed by atoms with Crippen LogP contribution in [0.2, 0.25) is 0 Å². The van der Waals surface area contributed by atoms with Crippen molar-refractivity contribution in [2.24, 2.45) is 5.92 Å². The lowest BCUT2D eigenvalue weighted by Crippen LogP contribution is -2.54. The molecule has 0 aliphatic carbocycles. The molecule has 7 nitrogen and oxygen atoms in total. The molecule has 0 bridgehead atoms. The van der Waals surface area contributed by atoms with Crippen molar-refractivity contribution in [1.82, 2.24) is 10.6 Å². The van der Waals surface area contributed by atoms with E-state index >= 15 is 0 Å². The topological polar surface area (TPSA) is 116 Å². The van der Waals surface area contributed by atoms with E-state index in [0.717, 1.165) is 0 Å². The zero-order valence-corrected chi connectivity index (χ0v) is 7.62. The summed E-state index contributed by atoms with van der Waals surface area (Å²) in [5.41, 5.74) is 0. The van der Waals surface area contributed by atoms with Crippen molar-refractivity contribution in [2.75, 3.05) is 13.2 Å². The number of nitrogens with one attached hydrogen (secondary N) is 2. The zero-order chi connectivity index (χ0) is 9.84. The van der Waals surface area contributed by atoms with Gasteiger partial charge in [0.15, 0.2) is 5.92 Å². The van der Waals surface area contributed by atoms with Crippen molar-refractivity contribution >= 4 is 17.9 Å². The van der Waals surface area contributed by atoms with E-state index in [0.29, 0.717) is 0 Å². The fourth-order valence-corrected chi connectivity index (χ4v) is 0.964. The second-order valence-electron chi connectivity index (χ2n) is 2.50. The summed E-state index contributed by atoms with van der Waals surface area (Å²) in [6.07, 6.45) is 0. The van der Waals surface area contributed by atoms with Gasteiger partial charge in [-0.05, 0) is 6.92 Å². The van der Waals surface area contributed by atoms with E-state index in [1.807, 2.05) is 5.32 Å². The number of esters is 1. The number of rotatable bonds is 2. The van der Waals surface area contributed by atoms with E-state index < -0.39 is 23.8 Å². The van der Waals surface area contributed by atoms with Gasteiger partial charge in [0, 0.05) is 6.54 Å². The molecule has 0 aromatic rings. The van der Waals surface area contributed by atoms with Crippen LogP contribution in [0, 0.1) is 5.92 Å². The highest BCUT2D eigenvalue weighted by Crippen LogP contribution is 2.02. The molecular formula is C7H12N2O5. The number of carbonyl (C=O) groups is 3. The number of hydrogen-bond acceptors (Lipinski definition) is 4. The fraction of sp³-hybridized carbons (Fsp3) is 0.571. The summed E-state index contributed by atoms with van der Waals surface area (Å²) in [5.74, 6) is -2.14. The molecule has 1 heterocycles. The average molecular weight is 204 g/mol. The van der Waals surface area contributed by atoms with Crippen LogP contribution >= 0.6 is 0 Å². The molecule has 14 heavy (non-hydrogen) atoms. The van der Waals surface area contributed by atoms with Crippen molar-refractivity contribution in [1.29, 1.82) is 0 Å². The zero-order valence-electron chi connectivity index (χ0n) is 7.62. The lowest BCUT2D eigenvalue weighted by atomic mass is 10.1. The van der Waals surface area contributed by atoms with Crippen LogP contribution in [0.25, 0.3) is 0 Å². The second-order valence-corrected chi connectivity index (χ2v) is 2.50. The molecule has 1 saturated heterocycles. The van der Waals surface area contributed by atoms with Crippen LogP contribution in [0.1, 0.15) is 6.92 Å². The summed E-state index contributed by atoms with van der Waals surface area (Å²) in [6, 6.07) is -0.578. The van der Waals surface area contributed by atoms with E-state index in [1.54, 1.807) is 6.92 Å². The number of carbonyl (C=O) groups excluding carboxylic acids is 3. The van der Waals surface area contributed by atoms with Gasteiger partial charge in [-0.2, -0.15) is 0 Å². The molecule has 0 saturated carbocycles. The number of amides is 3. The molecule has 7 heteroatoms. The molecule has 1 fully saturated rings. The lowest BCUT2D eigenvalue weighted by molar-refractivity contribution is -0.152. The van der Waals surface area contributed by atoms with E-state index in [-0.39, 0.29) is 18.6 Å². The molecule has 1 atom stereocenters. The predicted molar refractivity (Wildman–Crippen MR) is 45.3 cm³/mol. The minimum absolute atomic E-state index is 0. The normalized spacial score (nSPS) is 20.2. The van der Waals surface area contributed by atoms with E-state index in [1.165, 1.54) is 0 Å². The Morgan fingerprint density at radius 3 is 2.71 bits per heavy atom. The highest BCUT2D eigenvalue weighted by Gasteiger charge is 2.33. The first-order chi connectivity index (χ1) is 6.15. The third kappa shape index (κ3) is 2.70. The maximum absolute atomic E-state index is 11.1. The van der Waals surface area contributed by atoms with Crippen LogP contribution in [-0.4, -0.2) is 36.5 Å². The van der Waals surface area contributed by atoms with E-state index in [2.05, 4.69) is 10.1 Å². The van der Waals surface area contributed by atoms with Crippen molar-refractivity contribution in [2.45, 2.75) is 6.92 Å². The Balaban J connectivity index is 0.00000169. The van der Waals surface area contributed by atoms with Gasteiger partial charge in [0.2, 0.25) is 5.91 Å². The minimum atomic E-state index is -0.919. The Bertz CT molecular complexity index is 252. The third-order valence-electron chi connectivity index (χ3n) is 1.59. The molecule has 4 N–H and O–H groups in total. The number of ether oxygens (including phenoxy) is 1. The molecule has 0 aromatic heterocycles. The van der Waals surface area contributed by atoms with Gasteiger partial charge in [-0.3, -0.25) is 14.9 Å². The molecule has 0 radical (unpaired) electrons. The largest absolute Gasteiger partial charge is 0.465 e. The Morgan fingerprint density at radius 1 is 1.57 bits per heavy atom. The standard InChI is InChI=1S/C7H10N2O4.H2O/c1-2-13-6(11)4-3-8-7(12)9-5(4)10;/h4H,2-3H2,1H3,(H2,8,9,10,12);1H2. The van der Waals surface area contributed by atoms with Gasteiger partial charge in [-0.1, -0.05) is 0 Å². The Hall–Kier alpha value is -1.63. The highest BCUT2D eigenvalue weighted by atomic mass is 16.5. The lowest BCUT2D eigenvalue weighted by Gasteiger charge is -2.20. The van der Waals surface area contributed by atoms with Crippen molar-refractivity contribution < 1.29 is 24.6 Å². The molecule has 3 amide bonds. The Morgan fingerprint density at radius 2 is 2.21 bits per heavy atom. The summed E-state index contributed by atoms with van der Waals surface area (Å²) in [5, 5.41) is 4.31. The predicted octanol–water partition coefficient (Wildman–Crippen LogP) is -1.82. The molecule has 1 unspecified atom stereocenters. The van der Waals surface area contributed by atoms with Crippen molar-refractivity contribution in [3.8, 4) is 0 Å². The van der Waals surface area contributed by atoms with Gasteiger partial charge in [-0.25, -0.2) is 4.79 Å². The number of urea groups is 1. The summed E-state index contributed by atoms with van der Waals surface area (Å²) in [4.78, 5) is 32.7. The summed E-state index contributed by atoms with van der Waals surface area (Å²) >= 11 is 0. The van der Waals surface area contributed by atoms with Crippen molar-refractivity contribution in [3.05, 3.63) is 0 Å². The third-order valence-corrected chi connectivity index (χ3v) is 1.59. The SMILES string of the molecule is CCOC(=O)C1CNC(=O)NC1=O.O. The van der Waals surface area contributed by atoms with Crippen LogP contribution in [0.4, 0.5) is 4.79 Å². The summed E-state index contributed by atoms with van der Waals surface area (Å²) in [6.45, 7) is 1.87. The highest BCUT2D eigenvalue weighted by molar-refractivity contribution is 6.07. The molecule has 1 aliphatic heterocycles. The van der Waals surface area contributed by atoms with Gasteiger partial charge < -0.3 is 15.5 Å². The number of imide groups is 1. The van der Waals surface area contributed by atoms with Crippen LogP contribution in [0.5, 0.6) is 0 Å². The van der Waals surface area contributed by atoms with Gasteiger partial charge >= 0.3 is 12.0 Å². The summed E-state index contributed by atoms with van der Waals surface area (Å²) in [7, 11) is 0. The fourth-order valence-electron chi connectivity index (χ4n) is 0.964. The van der Waals surface area contributed by atoms with Crippen LogP contribution in [-0.2, 0) is 14.3 Å². The molecule has 80 valence electrons. The Labute approximate surface area is 80.1 Å². The van der Waals surface area contributed by atoms with Gasteiger partial charge in [0.1, 0.15) is 0 Å². The van der Waals surface area contributed by atoms with E-state index in [9.17, 15) is 14.4 Å². The maximum atomic E-state index is 11.1. The van der Waals surface area contributed by atoms with E-state index in [4.69, 9.17) is 0 Å². The monoisotopic (exact) mass is 204 g/mol. The molecule has 1 rings (SSSR count). The molecular weight excluding hydrogens is 192 g/mol. The summed E-state index contributed by atoms with van der Waals surface area (Å²) < 4.78 is 4.64. The maximum Gasteiger partial charge on any atom is 0.321 e. The second kappa shape index (κ2) is 5.18. The first kappa shape index (κ1) is 12.4. The van der Waals surface area contributed by atoms with Crippen LogP contribution in [0.3, 0.4) is 0 Å². The average Bonchev–Trinajstić information content (AvgIpc) is 2.04. The van der Waals surface area contributed by atoms with Gasteiger partial charge in [0.25, 0.3) is 0 Å². The smallest absolute Gasteiger partial charge is 0.321 e. The molecule has 1 aliphatic rings. The Kier molecular flexibility index (Phi) is 4.57. The van der Waals surface area contributed by atoms with Gasteiger partial charge in [-0.15, -0.1) is 0 Å². The number of hydrogen-bond donors (Lipinski definition) is 2. The van der Waals surface area contributed by atoms with Gasteiger partial charge in [0.05, 0.1) is 6.61 Å². The molecule has 0 aromatic carbocycles. The minimum Gasteiger partial charge on any atom is -0.465 e. The first-order valence-electron chi connectivity index (χ1n) is 3.90. The van der Waals surface area contributed by atoms with Crippen LogP contribution in [0.15, 0.2) is 0 Å². The van der Waals surface area contributed by atoms with Crippen LogP contribution < -0.4 is 10.6 Å². The van der Waals surface area contributed by atoms with Crippen molar-refractivity contribution in [3.63, 3.8) is 0 Å².